The third kappa shape index (κ3) is 24.6. The fraction of sp³-hybridized carbons (Fsp3) is 0.714. The summed E-state index contributed by atoms with van der Waals surface area (Å²) in [4.78, 5) is 1.93. The van der Waals surface area contributed by atoms with E-state index in [1.165, 1.54) is 0 Å². The van der Waals surface area contributed by atoms with Crippen molar-refractivity contribution in [2.75, 3.05) is 33.1 Å². The zero-order valence-electron chi connectivity index (χ0n) is 6.68. The van der Waals surface area contributed by atoms with E-state index in [1.807, 2.05) is 19.0 Å². The molecule has 10 heavy (non-hydrogen) atoms. The van der Waals surface area contributed by atoms with Crippen molar-refractivity contribution >= 4 is 11.6 Å². The van der Waals surface area contributed by atoms with Crippen LogP contribution in [0.4, 0.5) is 0 Å². The number of rotatable bonds is 3. The molecule has 0 aliphatic heterocycles. The van der Waals surface area contributed by atoms with Crippen LogP contribution in [-0.4, -0.2) is 43.1 Å². The van der Waals surface area contributed by atoms with Crippen LogP contribution in [0.1, 0.15) is 0 Å². The lowest BCUT2D eigenvalue weighted by atomic mass is 10.6. The molecule has 0 saturated carbocycles. The number of nitrogens with zero attached hydrogens (tertiary/aromatic N) is 1. The monoisotopic (exact) mass is 165 g/mol. The van der Waals surface area contributed by atoms with Gasteiger partial charge in [-0.1, -0.05) is 6.08 Å². The van der Waals surface area contributed by atoms with Crippen molar-refractivity contribution in [3.63, 3.8) is 0 Å². The van der Waals surface area contributed by atoms with Gasteiger partial charge in [-0.2, -0.15) is 0 Å². The van der Waals surface area contributed by atoms with Crippen LogP contribution in [0.15, 0.2) is 12.7 Å². The van der Waals surface area contributed by atoms with Crippen molar-refractivity contribution in [2.45, 2.75) is 0 Å². The minimum Gasteiger partial charge on any atom is -0.395 e. The fourth-order valence-corrected chi connectivity index (χ4v) is 0.200. The topological polar surface area (TPSA) is 23.5 Å². The molecule has 0 aliphatic rings. The van der Waals surface area contributed by atoms with Crippen molar-refractivity contribution in [2.24, 2.45) is 0 Å². The van der Waals surface area contributed by atoms with E-state index in [2.05, 4.69) is 6.58 Å². The Kier molecular flexibility index (Phi) is 14.8. The van der Waals surface area contributed by atoms with E-state index in [-0.39, 0.29) is 6.61 Å². The van der Waals surface area contributed by atoms with Gasteiger partial charge in [-0.05, 0) is 14.1 Å². The van der Waals surface area contributed by atoms with Gasteiger partial charge in [0.25, 0.3) is 0 Å². The van der Waals surface area contributed by atoms with Gasteiger partial charge >= 0.3 is 0 Å². The minimum absolute atomic E-state index is 0.257. The molecule has 62 valence electrons. The summed E-state index contributed by atoms with van der Waals surface area (Å²) < 4.78 is 0. The van der Waals surface area contributed by atoms with E-state index in [4.69, 9.17) is 16.7 Å². The Hall–Kier alpha value is -0.0500. The zero-order chi connectivity index (χ0) is 8.41. The number of hydrogen-bond acceptors (Lipinski definition) is 2. The van der Waals surface area contributed by atoms with Gasteiger partial charge in [0.1, 0.15) is 0 Å². The molecule has 0 aromatic rings. The summed E-state index contributed by atoms with van der Waals surface area (Å²) in [5.41, 5.74) is 0. The summed E-state index contributed by atoms with van der Waals surface area (Å²) in [5, 5.41) is 8.20. The fourth-order valence-electron chi connectivity index (χ4n) is 0.200. The lowest BCUT2D eigenvalue weighted by Crippen LogP contribution is -2.15. The maximum absolute atomic E-state index is 8.20. The average molecular weight is 166 g/mol. The number of aliphatic hydroxyl groups is 1. The summed E-state index contributed by atoms with van der Waals surface area (Å²) in [6, 6.07) is 0. The largest absolute Gasteiger partial charge is 0.395 e. The Balaban J connectivity index is 0. The quantitative estimate of drug-likeness (QED) is 0.498. The molecule has 0 atom stereocenters. The highest BCUT2D eigenvalue weighted by Crippen LogP contribution is 1.67. The predicted molar refractivity (Wildman–Crippen MR) is 46.6 cm³/mol. The van der Waals surface area contributed by atoms with Gasteiger partial charge in [-0.25, -0.2) is 0 Å². The highest BCUT2D eigenvalue weighted by atomic mass is 35.5. The van der Waals surface area contributed by atoms with Gasteiger partial charge in [0.2, 0.25) is 0 Å². The number of aliphatic hydroxyl groups excluding tert-OH is 1. The van der Waals surface area contributed by atoms with Crippen molar-refractivity contribution in [3.05, 3.63) is 12.7 Å². The van der Waals surface area contributed by atoms with Crippen LogP contribution >= 0.6 is 11.6 Å². The highest BCUT2D eigenvalue weighted by molar-refractivity contribution is 6.18. The second-order valence-electron chi connectivity index (χ2n) is 1.97. The molecule has 0 saturated heterocycles. The van der Waals surface area contributed by atoms with Crippen LogP contribution in [0.3, 0.4) is 0 Å². The van der Waals surface area contributed by atoms with E-state index in [1.54, 1.807) is 6.08 Å². The third-order valence-electron chi connectivity index (χ3n) is 0.656. The summed E-state index contributed by atoms with van der Waals surface area (Å²) >= 11 is 5.07. The minimum atomic E-state index is 0.257. The normalized spacial score (nSPS) is 8.50. The molecule has 0 aromatic carbocycles. The van der Waals surface area contributed by atoms with Crippen LogP contribution in [0.5, 0.6) is 0 Å². The molecular formula is C7H16ClNO. The Morgan fingerprint density at radius 1 is 1.60 bits per heavy atom. The summed E-state index contributed by atoms with van der Waals surface area (Å²) in [6.07, 6.45) is 1.64. The molecule has 0 rings (SSSR count). The number of hydrogen-bond donors (Lipinski definition) is 1. The van der Waals surface area contributed by atoms with Crippen molar-refractivity contribution in [1.82, 2.24) is 4.90 Å². The summed E-state index contributed by atoms with van der Waals surface area (Å²) in [5.74, 6) is 0.556. The molecule has 0 aromatic heterocycles. The molecule has 0 bridgehead atoms. The summed E-state index contributed by atoms with van der Waals surface area (Å²) in [6.45, 7) is 4.37. The predicted octanol–water partition coefficient (Wildman–Crippen LogP) is 0.952. The van der Waals surface area contributed by atoms with Gasteiger partial charge in [-0.3, -0.25) is 0 Å². The smallest absolute Gasteiger partial charge is 0.0558 e. The maximum atomic E-state index is 8.20. The van der Waals surface area contributed by atoms with Crippen molar-refractivity contribution in [1.29, 1.82) is 0 Å². The average Bonchev–Trinajstić information content (AvgIpc) is 1.89. The van der Waals surface area contributed by atoms with Crippen LogP contribution in [0, 0.1) is 0 Å². The lowest BCUT2D eigenvalue weighted by Gasteiger charge is -2.03. The van der Waals surface area contributed by atoms with Crippen LogP contribution in [0.2, 0.25) is 0 Å². The molecule has 2 nitrogen and oxygen atoms in total. The zero-order valence-corrected chi connectivity index (χ0v) is 7.43. The molecule has 0 spiro atoms. The first-order valence-electron chi connectivity index (χ1n) is 3.11. The van der Waals surface area contributed by atoms with Gasteiger partial charge in [0, 0.05) is 12.4 Å². The number of alkyl halides is 1. The Morgan fingerprint density at radius 3 is 2.00 bits per heavy atom. The van der Waals surface area contributed by atoms with Crippen LogP contribution < -0.4 is 0 Å². The molecule has 0 radical (unpaired) electrons. The maximum Gasteiger partial charge on any atom is 0.0558 e. The molecule has 0 aliphatic carbocycles. The number of likely N-dealkylation sites (N-methyl/N-ethyl adjacent to an activating group) is 1. The van der Waals surface area contributed by atoms with E-state index < -0.39 is 0 Å². The Labute approximate surface area is 68.1 Å². The van der Waals surface area contributed by atoms with E-state index >= 15 is 0 Å². The van der Waals surface area contributed by atoms with Crippen LogP contribution in [0.25, 0.3) is 0 Å². The van der Waals surface area contributed by atoms with Gasteiger partial charge in [0.15, 0.2) is 0 Å². The van der Waals surface area contributed by atoms with Gasteiger partial charge in [0.05, 0.1) is 6.61 Å². The van der Waals surface area contributed by atoms with Gasteiger partial charge < -0.3 is 10.0 Å². The second kappa shape index (κ2) is 11.7. The molecule has 3 heteroatoms. The van der Waals surface area contributed by atoms with Gasteiger partial charge in [-0.15, -0.1) is 18.2 Å². The van der Waals surface area contributed by atoms with Crippen LogP contribution in [-0.2, 0) is 0 Å². The van der Waals surface area contributed by atoms with Crippen molar-refractivity contribution < 1.29 is 5.11 Å². The first-order chi connectivity index (χ1) is 4.68. The Bertz CT molecular complexity index is 66.6. The molecule has 0 fully saturated rings. The lowest BCUT2D eigenvalue weighted by molar-refractivity contribution is 0.243. The van der Waals surface area contributed by atoms with E-state index in [0.29, 0.717) is 5.88 Å². The SMILES string of the molecule is C=CCCl.CN(C)CCO. The second-order valence-corrected chi connectivity index (χ2v) is 2.28. The Morgan fingerprint density at radius 2 is 2.00 bits per heavy atom. The first-order valence-corrected chi connectivity index (χ1v) is 3.65. The van der Waals surface area contributed by atoms with Crippen molar-refractivity contribution in [3.8, 4) is 0 Å². The number of allylic oxidation sites excluding steroid dienone is 1. The standard InChI is InChI=1S/C4H11NO.C3H5Cl/c1-5(2)3-4-6;1-2-3-4/h6H,3-4H2,1-2H3;2H,1,3H2. The molecule has 0 unspecified atom stereocenters. The molecule has 1 N–H and O–H groups in total. The first kappa shape index (κ1) is 12.6. The molecule has 0 heterocycles. The third-order valence-corrected chi connectivity index (χ3v) is 0.875. The highest BCUT2D eigenvalue weighted by Gasteiger charge is 1.80. The number of halogens is 1. The van der Waals surface area contributed by atoms with E-state index in [9.17, 15) is 0 Å². The summed E-state index contributed by atoms with van der Waals surface area (Å²) in [7, 11) is 3.85. The molecular weight excluding hydrogens is 150 g/mol. The van der Waals surface area contributed by atoms with E-state index in [0.717, 1.165) is 6.54 Å². The molecule has 0 amide bonds.